The maximum absolute atomic E-state index is 12.0. The summed E-state index contributed by atoms with van der Waals surface area (Å²) in [6, 6.07) is 16.6. The van der Waals surface area contributed by atoms with Gasteiger partial charge in [-0.3, -0.25) is 20.4 Å². The third kappa shape index (κ3) is 7.85. The summed E-state index contributed by atoms with van der Waals surface area (Å²) in [5.41, 5.74) is 6.51. The summed E-state index contributed by atoms with van der Waals surface area (Å²) in [5, 5.41) is 5.80. The van der Waals surface area contributed by atoms with Gasteiger partial charge in [0.15, 0.2) is 5.11 Å². The summed E-state index contributed by atoms with van der Waals surface area (Å²) in [5.74, 6) is -0.0534. The first-order valence-corrected chi connectivity index (χ1v) is 9.40. The van der Waals surface area contributed by atoms with E-state index in [1.807, 2.05) is 30.3 Å². The number of rotatable bonds is 8. The Morgan fingerprint density at radius 3 is 2.50 bits per heavy atom. The van der Waals surface area contributed by atoms with Crippen molar-refractivity contribution in [3.05, 3.63) is 54.6 Å². The predicted octanol–water partition coefficient (Wildman–Crippen LogP) is 2.73. The van der Waals surface area contributed by atoms with E-state index in [0.717, 1.165) is 5.69 Å². The Kier molecular flexibility index (Phi) is 8.57. The van der Waals surface area contributed by atoms with Crippen LogP contribution in [0.25, 0.3) is 0 Å². The average Bonchev–Trinajstić information content (AvgIpc) is 2.67. The smallest absolute Gasteiger partial charge is 0.245 e. The van der Waals surface area contributed by atoms with E-state index in [9.17, 15) is 9.59 Å². The first-order chi connectivity index (χ1) is 13.5. The van der Waals surface area contributed by atoms with Gasteiger partial charge < -0.3 is 15.4 Å². The number of Topliss-reactive ketones (excluding diaryl/α,β-unsaturated/α-hetero) is 1. The predicted molar refractivity (Wildman–Crippen MR) is 118 cm³/mol. The van der Waals surface area contributed by atoms with Crippen LogP contribution in [-0.2, 0) is 9.59 Å². The molecule has 148 valence electrons. The molecule has 1 amide bonds. The van der Waals surface area contributed by atoms with Gasteiger partial charge in [-0.25, -0.2) is 0 Å². The number of nitrogens with one attached hydrogen (secondary N) is 4. The first-order valence-electron chi connectivity index (χ1n) is 8.47. The topological polar surface area (TPSA) is 91.5 Å². The van der Waals surface area contributed by atoms with E-state index in [-0.39, 0.29) is 29.1 Å². The summed E-state index contributed by atoms with van der Waals surface area (Å²) in [6.07, 6.45) is -0.166. The van der Waals surface area contributed by atoms with Gasteiger partial charge in [-0.15, -0.1) is 0 Å². The molecule has 0 aliphatic carbocycles. The van der Waals surface area contributed by atoms with Gasteiger partial charge in [0.1, 0.15) is 11.5 Å². The molecule has 2 rings (SSSR count). The number of hydrogen-bond donors (Lipinski definition) is 5. The fourth-order valence-corrected chi connectivity index (χ4v) is 2.80. The quantitative estimate of drug-likeness (QED) is 0.148. The molecule has 2 aromatic carbocycles. The minimum absolute atomic E-state index is 0.109. The van der Waals surface area contributed by atoms with E-state index >= 15 is 0 Å². The molecule has 7 nitrogen and oxygen atoms in total. The molecular weight excluding hydrogens is 396 g/mol. The van der Waals surface area contributed by atoms with Crippen molar-refractivity contribution in [3.63, 3.8) is 0 Å². The summed E-state index contributed by atoms with van der Waals surface area (Å²) in [6.45, 7) is 0. The lowest BCUT2D eigenvalue weighted by atomic mass is 10.2. The monoisotopic (exact) mass is 418 g/mol. The first kappa shape index (κ1) is 21.5. The fourth-order valence-electron chi connectivity index (χ4n) is 2.28. The van der Waals surface area contributed by atoms with Gasteiger partial charge in [0.25, 0.3) is 0 Å². The van der Waals surface area contributed by atoms with Gasteiger partial charge in [-0.05, 0) is 36.5 Å². The normalized spacial score (nSPS) is 11.1. The molecule has 9 heteroatoms. The highest BCUT2D eigenvalue weighted by Gasteiger charge is 2.14. The number of hydrazine groups is 1. The van der Waals surface area contributed by atoms with Crippen molar-refractivity contribution in [2.75, 3.05) is 17.7 Å². The molecule has 0 radical (unpaired) electrons. The highest BCUT2D eigenvalue weighted by molar-refractivity contribution is 7.81. The van der Waals surface area contributed by atoms with Gasteiger partial charge in [-0.2, -0.15) is 12.6 Å². The minimum atomic E-state index is -0.486. The molecule has 0 spiro atoms. The Hall–Kier alpha value is -2.78. The molecule has 28 heavy (non-hydrogen) atoms. The van der Waals surface area contributed by atoms with Crippen LogP contribution in [0.15, 0.2) is 54.6 Å². The van der Waals surface area contributed by atoms with Gasteiger partial charge in [0.05, 0.1) is 18.9 Å². The lowest BCUT2D eigenvalue weighted by molar-refractivity contribution is -0.128. The van der Waals surface area contributed by atoms with Gasteiger partial charge in [-0.1, -0.05) is 24.3 Å². The van der Waals surface area contributed by atoms with Crippen LogP contribution in [0.5, 0.6) is 5.75 Å². The molecule has 0 fully saturated rings. The van der Waals surface area contributed by atoms with Crippen LogP contribution < -0.4 is 26.2 Å². The van der Waals surface area contributed by atoms with Crippen LogP contribution in [0, 0.1) is 0 Å². The van der Waals surface area contributed by atoms with E-state index in [4.69, 9.17) is 17.0 Å². The molecule has 0 aliphatic rings. The van der Waals surface area contributed by atoms with Crippen molar-refractivity contribution < 1.29 is 14.3 Å². The van der Waals surface area contributed by atoms with Crippen molar-refractivity contribution in [3.8, 4) is 5.75 Å². The Balaban J connectivity index is 1.69. The molecule has 0 saturated heterocycles. The third-order valence-corrected chi connectivity index (χ3v) is 4.04. The number of ether oxygens (including phenoxy) is 1. The standard InChI is InChI=1S/C19H22N4O3S2/c1-26-16-9-5-8-14(10-16)21-19(28)23-22-17(25)11-15(24)12-18(27)20-13-6-3-2-4-7-13/h2-10,18,20,27H,11-12H2,1H3,(H,22,25)(H2,21,23,28). The Morgan fingerprint density at radius 1 is 1.07 bits per heavy atom. The molecule has 1 unspecified atom stereocenters. The van der Waals surface area contributed by atoms with E-state index < -0.39 is 5.91 Å². The van der Waals surface area contributed by atoms with Crippen molar-refractivity contribution in [2.24, 2.45) is 0 Å². The van der Waals surface area contributed by atoms with E-state index in [1.165, 1.54) is 0 Å². The number of thiol groups is 1. The van der Waals surface area contributed by atoms with E-state index in [2.05, 4.69) is 34.1 Å². The number of carbonyl (C=O) groups is 2. The number of anilines is 2. The second-order valence-electron chi connectivity index (χ2n) is 5.80. The number of carbonyl (C=O) groups excluding carboxylic acids is 2. The molecule has 0 bridgehead atoms. The SMILES string of the molecule is COc1cccc(NC(=S)NNC(=O)CC(=O)CC(S)Nc2ccccc2)c1. The summed E-state index contributed by atoms with van der Waals surface area (Å²) >= 11 is 9.45. The summed E-state index contributed by atoms with van der Waals surface area (Å²) in [7, 11) is 1.57. The van der Waals surface area contributed by atoms with Crippen LogP contribution in [0.2, 0.25) is 0 Å². The average molecular weight is 419 g/mol. The lowest BCUT2D eigenvalue weighted by Crippen LogP contribution is -2.44. The van der Waals surface area contributed by atoms with Crippen LogP contribution in [0.3, 0.4) is 0 Å². The minimum Gasteiger partial charge on any atom is -0.497 e. The number of methoxy groups -OCH3 is 1. The van der Waals surface area contributed by atoms with Gasteiger partial charge in [0.2, 0.25) is 5.91 Å². The maximum atomic E-state index is 12.0. The lowest BCUT2D eigenvalue weighted by Gasteiger charge is -2.14. The molecular formula is C19H22N4O3S2. The molecule has 4 N–H and O–H groups in total. The number of hydrogen-bond acceptors (Lipinski definition) is 6. The van der Waals surface area contributed by atoms with Crippen LogP contribution in [-0.4, -0.2) is 29.3 Å². The van der Waals surface area contributed by atoms with Crippen LogP contribution in [0.1, 0.15) is 12.8 Å². The summed E-state index contributed by atoms with van der Waals surface area (Å²) in [4.78, 5) is 23.9. The molecule has 2 aromatic rings. The molecule has 1 atom stereocenters. The van der Waals surface area contributed by atoms with Gasteiger partial charge in [0, 0.05) is 23.9 Å². The van der Waals surface area contributed by atoms with E-state index in [0.29, 0.717) is 11.4 Å². The summed E-state index contributed by atoms with van der Waals surface area (Å²) < 4.78 is 5.13. The molecule has 0 heterocycles. The van der Waals surface area contributed by atoms with Crippen molar-refractivity contribution >= 4 is 53.0 Å². The van der Waals surface area contributed by atoms with Gasteiger partial charge >= 0.3 is 0 Å². The number of ketones is 1. The Labute approximate surface area is 174 Å². The highest BCUT2D eigenvalue weighted by Crippen LogP contribution is 2.16. The molecule has 0 aromatic heterocycles. The van der Waals surface area contributed by atoms with Crippen molar-refractivity contribution in [1.29, 1.82) is 0 Å². The largest absolute Gasteiger partial charge is 0.497 e. The third-order valence-electron chi connectivity index (χ3n) is 3.53. The number of amides is 1. The van der Waals surface area contributed by atoms with Crippen molar-refractivity contribution in [2.45, 2.75) is 18.2 Å². The molecule has 0 aliphatic heterocycles. The Morgan fingerprint density at radius 2 is 1.79 bits per heavy atom. The zero-order chi connectivity index (χ0) is 20.4. The van der Waals surface area contributed by atoms with Crippen LogP contribution >= 0.6 is 24.8 Å². The second-order valence-corrected chi connectivity index (χ2v) is 6.84. The number of para-hydroxylation sites is 1. The van der Waals surface area contributed by atoms with E-state index in [1.54, 1.807) is 31.4 Å². The Bertz CT molecular complexity index is 818. The number of benzene rings is 2. The zero-order valence-electron chi connectivity index (χ0n) is 15.3. The number of thiocarbonyl (C=S) groups is 1. The van der Waals surface area contributed by atoms with Crippen LogP contribution in [0.4, 0.5) is 11.4 Å². The zero-order valence-corrected chi connectivity index (χ0v) is 17.0. The fraction of sp³-hybridized carbons (Fsp3) is 0.211. The second kappa shape index (κ2) is 11.2. The highest BCUT2D eigenvalue weighted by atomic mass is 32.1. The maximum Gasteiger partial charge on any atom is 0.245 e. The molecule has 0 saturated carbocycles. The van der Waals surface area contributed by atoms with Crippen molar-refractivity contribution in [1.82, 2.24) is 10.9 Å².